The van der Waals surface area contributed by atoms with Crippen LogP contribution in [0.4, 0.5) is 5.82 Å². The molecule has 2 fully saturated rings. The van der Waals surface area contributed by atoms with Crippen molar-refractivity contribution in [1.29, 1.82) is 0 Å². The van der Waals surface area contributed by atoms with E-state index in [1.54, 1.807) is 12.5 Å². The van der Waals surface area contributed by atoms with E-state index in [0.29, 0.717) is 19.0 Å². The molecule has 1 aliphatic heterocycles. The highest BCUT2D eigenvalue weighted by atomic mass is 16.3. The third kappa shape index (κ3) is 1.27. The summed E-state index contributed by atoms with van der Waals surface area (Å²) < 4.78 is 1.84. The Hall–Kier alpha value is -1.69. The Balaban J connectivity index is 1.66. The van der Waals surface area contributed by atoms with Crippen LogP contribution in [0.3, 0.4) is 0 Å². The van der Waals surface area contributed by atoms with Crippen molar-refractivity contribution in [2.75, 3.05) is 18.0 Å². The number of aromatic nitrogens is 4. The van der Waals surface area contributed by atoms with Gasteiger partial charge in [0.25, 0.3) is 0 Å². The monoisotopic (exact) mass is 231 g/mol. The summed E-state index contributed by atoms with van der Waals surface area (Å²) in [4.78, 5) is 6.41. The third-order valence-electron chi connectivity index (χ3n) is 3.76. The summed E-state index contributed by atoms with van der Waals surface area (Å²) >= 11 is 0. The second-order valence-corrected chi connectivity index (χ2v) is 5.05. The van der Waals surface area contributed by atoms with E-state index in [0.717, 1.165) is 24.3 Å². The number of rotatable bonds is 2. The van der Waals surface area contributed by atoms with E-state index in [9.17, 15) is 5.11 Å². The first-order valence-corrected chi connectivity index (χ1v) is 5.88. The zero-order valence-electron chi connectivity index (χ0n) is 9.32. The van der Waals surface area contributed by atoms with Crippen molar-refractivity contribution in [3.8, 4) is 0 Å². The summed E-state index contributed by atoms with van der Waals surface area (Å²) in [6, 6.07) is 0. The van der Waals surface area contributed by atoms with Crippen LogP contribution in [0.2, 0.25) is 0 Å². The maximum atomic E-state index is 10.3. The zero-order chi connectivity index (χ0) is 11.5. The fraction of sp³-hybridized carbons (Fsp3) is 0.545. The van der Waals surface area contributed by atoms with Crippen molar-refractivity contribution in [3.05, 3.63) is 18.7 Å². The molecule has 0 unspecified atom stereocenters. The molecule has 2 aliphatic rings. The van der Waals surface area contributed by atoms with E-state index >= 15 is 0 Å². The predicted molar refractivity (Wildman–Crippen MR) is 60.7 cm³/mol. The number of hydrogen-bond acceptors (Lipinski definition) is 5. The van der Waals surface area contributed by atoms with Gasteiger partial charge < -0.3 is 10.0 Å². The fourth-order valence-electron chi connectivity index (χ4n) is 2.61. The molecule has 4 rings (SSSR count). The Kier molecular flexibility index (Phi) is 1.62. The number of hydrogen-bond donors (Lipinski definition) is 1. The van der Waals surface area contributed by atoms with E-state index in [-0.39, 0.29) is 0 Å². The number of fused-ring (bicyclic) bond motifs is 1. The molecule has 0 spiro atoms. The second-order valence-electron chi connectivity index (χ2n) is 5.05. The summed E-state index contributed by atoms with van der Waals surface area (Å²) in [5, 5.41) is 18.2. The lowest BCUT2D eigenvalue weighted by Crippen LogP contribution is -2.63. The summed E-state index contributed by atoms with van der Waals surface area (Å²) in [5.41, 5.74) is 0.263. The highest BCUT2D eigenvalue weighted by Crippen LogP contribution is 2.45. The highest BCUT2D eigenvalue weighted by molar-refractivity contribution is 5.65. The van der Waals surface area contributed by atoms with Crippen LogP contribution in [0.5, 0.6) is 0 Å². The minimum atomic E-state index is -0.492. The quantitative estimate of drug-likeness (QED) is 0.793. The van der Waals surface area contributed by atoms with Crippen LogP contribution in [0.25, 0.3) is 5.65 Å². The van der Waals surface area contributed by atoms with Crippen LogP contribution < -0.4 is 4.90 Å². The normalized spacial score (nSPS) is 22.8. The number of β-amino-alcohol motifs (C(OH)–C–C–N with tert-alkyl or cyclic N) is 1. The van der Waals surface area contributed by atoms with Crippen LogP contribution in [-0.4, -0.2) is 43.4 Å². The summed E-state index contributed by atoms with van der Waals surface area (Å²) in [6.07, 6.45) is 7.54. The van der Waals surface area contributed by atoms with Gasteiger partial charge in [-0.05, 0) is 18.8 Å². The van der Waals surface area contributed by atoms with Crippen molar-refractivity contribution >= 4 is 11.5 Å². The van der Waals surface area contributed by atoms with Crippen LogP contribution in [0, 0.1) is 5.92 Å². The lowest BCUT2D eigenvalue weighted by Gasteiger charge is -2.47. The van der Waals surface area contributed by atoms with Gasteiger partial charge in [-0.1, -0.05) is 0 Å². The van der Waals surface area contributed by atoms with Gasteiger partial charge in [0.2, 0.25) is 5.65 Å². The Morgan fingerprint density at radius 2 is 2.18 bits per heavy atom. The van der Waals surface area contributed by atoms with Crippen molar-refractivity contribution in [2.45, 2.75) is 18.4 Å². The van der Waals surface area contributed by atoms with Crippen molar-refractivity contribution in [3.63, 3.8) is 0 Å². The first-order chi connectivity index (χ1) is 8.26. The Labute approximate surface area is 97.9 Å². The van der Waals surface area contributed by atoms with Gasteiger partial charge in [-0.2, -0.15) is 0 Å². The predicted octanol–water partition coefficient (Wildman–Crippen LogP) is 0.0854. The molecular formula is C11H13N5O. The molecule has 1 aliphatic carbocycles. The summed E-state index contributed by atoms with van der Waals surface area (Å²) in [5.74, 6) is 1.31. The first kappa shape index (κ1) is 9.35. The van der Waals surface area contributed by atoms with Gasteiger partial charge in [0.15, 0.2) is 5.82 Å². The minimum absolute atomic E-state index is 0.492. The molecule has 6 nitrogen and oxygen atoms in total. The van der Waals surface area contributed by atoms with Crippen molar-refractivity contribution in [2.24, 2.45) is 5.92 Å². The van der Waals surface area contributed by atoms with Crippen LogP contribution in [0.1, 0.15) is 12.8 Å². The molecule has 2 aromatic rings. The first-order valence-electron chi connectivity index (χ1n) is 5.88. The van der Waals surface area contributed by atoms with E-state index in [2.05, 4.69) is 20.1 Å². The van der Waals surface area contributed by atoms with Gasteiger partial charge in [0.05, 0.1) is 13.1 Å². The number of nitrogens with zero attached hydrogens (tertiary/aromatic N) is 5. The Bertz CT molecular complexity index is 570. The van der Waals surface area contributed by atoms with Gasteiger partial charge in [-0.25, -0.2) is 4.98 Å². The molecule has 1 N–H and O–H groups in total. The average molecular weight is 231 g/mol. The van der Waals surface area contributed by atoms with E-state index in [1.807, 2.05) is 10.6 Å². The SMILES string of the molecule is OC1(C2CC2)CN(c2nccn3cnnc23)C1. The molecule has 1 saturated carbocycles. The van der Waals surface area contributed by atoms with Gasteiger partial charge in [-0.3, -0.25) is 4.40 Å². The molecule has 0 aromatic carbocycles. The standard InChI is InChI=1S/C11H13N5O/c17-11(8-1-2-8)5-16(6-11)9-10-14-13-7-15(10)4-3-12-9/h3-4,7-8,17H,1-2,5-6H2. The van der Waals surface area contributed by atoms with Gasteiger partial charge >= 0.3 is 0 Å². The van der Waals surface area contributed by atoms with Gasteiger partial charge in [0, 0.05) is 12.4 Å². The van der Waals surface area contributed by atoms with E-state index in [4.69, 9.17) is 0 Å². The molecule has 0 bridgehead atoms. The largest absolute Gasteiger partial charge is 0.386 e. The van der Waals surface area contributed by atoms with E-state index < -0.39 is 5.60 Å². The molecule has 2 aromatic heterocycles. The minimum Gasteiger partial charge on any atom is -0.386 e. The van der Waals surface area contributed by atoms with Gasteiger partial charge in [0.1, 0.15) is 11.9 Å². The molecule has 6 heteroatoms. The molecule has 0 amide bonds. The molecule has 88 valence electrons. The van der Waals surface area contributed by atoms with Crippen molar-refractivity contribution < 1.29 is 5.11 Å². The molecule has 3 heterocycles. The smallest absolute Gasteiger partial charge is 0.203 e. The van der Waals surface area contributed by atoms with Crippen LogP contribution in [-0.2, 0) is 0 Å². The second kappa shape index (κ2) is 2.95. The number of anilines is 1. The molecular weight excluding hydrogens is 218 g/mol. The molecule has 1 saturated heterocycles. The fourth-order valence-corrected chi connectivity index (χ4v) is 2.61. The zero-order valence-corrected chi connectivity index (χ0v) is 9.32. The Morgan fingerprint density at radius 1 is 1.35 bits per heavy atom. The van der Waals surface area contributed by atoms with Crippen LogP contribution >= 0.6 is 0 Å². The van der Waals surface area contributed by atoms with Gasteiger partial charge in [-0.15, -0.1) is 10.2 Å². The average Bonchev–Trinajstić information content (AvgIpc) is 3.03. The topological polar surface area (TPSA) is 66.5 Å². The molecule has 0 radical (unpaired) electrons. The lowest BCUT2D eigenvalue weighted by atomic mass is 9.89. The maximum Gasteiger partial charge on any atom is 0.203 e. The molecule has 0 atom stereocenters. The van der Waals surface area contributed by atoms with Crippen LogP contribution in [0.15, 0.2) is 18.7 Å². The highest BCUT2D eigenvalue weighted by Gasteiger charge is 2.52. The third-order valence-corrected chi connectivity index (χ3v) is 3.76. The maximum absolute atomic E-state index is 10.3. The van der Waals surface area contributed by atoms with Crippen molar-refractivity contribution in [1.82, 2.24) is 19.6 Å². The lowest BCUT2D eigenvalue weighted by molar-refractivity contribution is -0.00962. The van der Waals surface area contributed by atoms with E-state index in [1.165, 1.54) is 0 Å². The summed E-state index contributed by atoms with van der Waals surface area (Å²) in [7, 11) is 0. The Morgan fingerprint density at radius 3 is 2.94 bits per heavy atom. The molecule has 17 heavy (non-hydrogen) atoms. The number of aliphatic hydroxyl groups is 1. The summed E-state index contributed by atoms with van der Waals surface area (Å²) in [6.45, 7) is 1.33.